The van der Waals surface area contributed by atoms with Crippen molar-refractivity contribution in [2.45, 2.75) is 50.1 Å². The van der Waals surface area contributed by atoms with Gasteiger partial charge in [-0.25, -0.2) is 14.8 Å². The Labute approximate surface area is 233 Å². The van der Waals surface area contributed by atoms with Gasteiger partial charge in [-0.05, 0) is 37.3 Å². The van der Waals surface area contributed by atoms with Crippen molar-refractivity contribution in [3.8, 4) is 0 Å². The molecule has 2 aromatic rings. The predicted octanol–water partition coefficient (Wildman–Crippen LogP) is -0.231. The first kappa shape index (κ1) is 27.9. The summed E-state index contributed by atoms with van der Waals surface area (Å²) >= 11 is 17.5. The molecule has 6 rings (SSSR count). The minimum Gasteiger partial charge on any atom is -0.870 e. The zero-order valence-corrected chi connectivity index (χ0v) is 22.9. The van der Waals surface area contributed by atoms with E-state index in [0.29, 0.717) is 28.3 Å². The summed E-state index contributed by atoms with van der Waals surface area (Å²) in [5.41, 5.74) is -0.402. The molecule has 0 aliphatic carbocycles. The molecule has 0 amide bonds. The molecule has 14 heteroatoms. The van der Waals surface area contributed by atoms with E-state index >= 15 is 0 Å². The maximum atomic E-state index is 11.2. The Hall–Kier alpha value is -0.690. The SMILES string of the molecule is Clc1cc(N2CC3CCC(C2)O3)nc(Cl)n1.O=c1nc(N2CC3CCC(C2)O3)cc(Cl)[nH]1.[Na+].[OH-]. The minimum absolute atomic E-state index is 0. The summed E-state index contributed by atoms with van der Waals surface area (Å²) in [6.45, 7) is 3.31. The fourth-order valence-electron chi connectivity index (χ4n) is 4.72. The second kappa shape index (κ2) is 12.0. The summed E-state index contributed by atoms with van der Waals surface area (Å²) in [6, 6.07) is 3.44. The second-order valence-corrected chi connectivity index (χ2v) is 9.57. The summed E-state index contributed by atoms with van der Waals surface area (Å²) in [5.74, 6) is 1.44. The third-order valence-corrected chi connectivity index (χ3v) is 6.65. The van der Waals surface area contributed by atoms with Gasteiger partial charge in [0.1, 0.15) is 21.9 Å². The van der Waals surface area contributed by atoms with Crippen LogP contribution in [0.1, 0.15) is 25.7 Å². The molecule has 2 N–H and O–H groups in total. The van der Waals surface area contributed by atoms with Crippen LogP contribution in [0.25, 0.3) is 0 Å². The number of ether oxygens (including phenoxy) is 2. The topological polar surface area (TPSA) is 126 Å². The van der Waals surface area contributed by atoms with Gasteiger partial charge in [-0.2, -0.15) is 4.98 Å². The number of halogens is 3. The third kappa shape index (κ3) is 6.74. The Bertz CT molecular complexity index is 1010. The van der Waals surface area contributed by atoms with Crippen LogP contribution in [0.4, 0.5) is 11.6 Å². The molecule has 4 unspecified atom stereocenters. The van der Waals surface area contributed by atoms with E-state index in [-0.39, 0.29) is 52.5 Å². The number of hydrogen-bond donors (Lipinski definition) is 1. The van der Waals surface area contributed by atoms with Crippen LogP contribution in [0, 0.1) is 0 Å². The molecule has 0 spiro atoms. The maximum absolute atomic E-state index is 11.2. The third-order valence-electron chi connectivity index (χ3n) is 6.09. The van der Waals surface area contributed by atoms with E-state index in [2.05, 4.69) is 29.7 Å². The van der Waals surface area contributed by atoms with E-state index in [9.17, 15) is 4.79 Å². The zero-order valence-electron chi connectivity index (χ0n) is 18.7. The number of fused-ring (bicyclic) bond motifs is 4. The molecule has 0 aromatic carbocycles. The van der Waals surface area contributed by atoms with Crippen LogP contribution in [0.3, 0.4) is 0 Å². The summed E-state index contributed by atoms with van der Waals surface area (Å²) in [7, 11) is 0. The van der Waals surface area contributed by atoms with E-state index in [1.54, 1.807) is 12.1 Å². The van der Waals surface area contributed by atoms with Gasteiger partial charge in [0.2, 0.25) is 5.28 Å². The molecule has 4 aliphatic rings. The van der Waals surface area contributed by atoms with E-state index in [4.69, 9.17) is 44.3 Å². The minimum atomic E-state index is -0.402. The maximum Gasteiger partial charge on any atom is 1.00 e. The summed E-state index contributed by atoms with van der Waals surface area (Å²) in [5, 5.41) is 0.906. The van der Waals surface area contributed by atoms with Crippen molar-refractivity contribution in [2.24, 2.45) is 0 Å². The normalized spacial score (nSPS) is 26.8. The second-order valence-electron chi connectivity index (χ2n) is 8.44. The Kier molecular flexibility index (Phi) is 9.87. The monoisotopic (exact) mass is 540 g/mol. The number of aromatic nitrogens is 4. The average Bonchev–Trinajstić information content (AvgIpc) is 3.26. The fourth-order valence-corrected chi connectivity index (χ4v) is 5.30. The van der Waals surface area contributed by atoms with Gasteiger partial charge in [-0.1, -0.05) is 23.2 Å². The van der Waals surface area contributed by atoms with Crippen LogP contribution >= 0.6 is 34.8 Å². The van der Waals surface area contributed by atoms with Crippen molar-refractivity contribution < 1.29 is 44.5 Å². The van der Waals surface area contributed by atoms with Crippen molar-refractivity contribution in [2.75, 3.05) is 36.0 Å². The molecule has 4 aliphatic heterocycles. The molecular weight excluding hydrogens is 518 g/mol. The van der Waals surface area contributed by atoms with Gasteiger partial charge in [0, 0.05) is 38.3 Å². The van der Waals surface area contributed by atoms with Crippen molar-refractivity contribution in [3.05, 3.63) is 38.2 Å². The molecule has 10 nitrogen and oxygen atoms in total. The van der Waals surface area contributed by atoms with Gasteiger partial charge in [0.05, 0.1) is 24.4 Å². The molecular formula is C20H24Cl3N6NaO4. The van der Waals surface area contributed by atoms with E-state index < -0.39 is 5.69 Å². The van der Waals surface area contributed by atoms with Crippen LogP contribution in [0.2, 0.25) is 15.6 Å². The van der Waals surface area contributed by atoms with Crippen LogP contribution < -0.4 is 45.0 Å². The van der Waals surface area contributed by atoms with Crippen molar-refractivity contribution in [1.29, 1.82) is 0 Å². The van der Waals surface area contributed by atoms with Crippen LogP contribution in [0.5, 0.6) is 0 Å². The van der Waals surface area contributed by atoms with Gasteiger partial charge < -0.3 is 24.7 Å². The van der Waals surface area contributed by atoms with Crippen LogP contribution in [-0.2, 0) is 9.47 Å². The Balaban J connectivity index is 0.000000180. The molecule has 4 fully saturated rings. The smallest absolute Gasteiger partial charge is 0.870 e. The Morgan fingerprint density at radius 1 is 0.794 bits per heavy atom. The fraction of sp³-hybridized carbons (Fsp3) is 0.600. The van der Waals surface area contributed by atoms with E-state index in [0.717, 1.165) is 57.7 Å². The van der Waals surface area contributed by atoms with Crippen molar-refractivity contribution in [3.63, 3.8) is 0 Å². The van der Waals surface area contributed by atoms with Crippen molar-refractivity contribution >= 4 is 46.4 Å². The Morgan fingerprint density at radius 3 is 1.71 bits per heavy atom. The number of anilines is 2. The molecule has 34 heavy (non-hydrogen) atoms. The number of H-pyrrole nitrogens is 1. The molecule has 180 valence electrons. The first-order chi connectivity index (χ1) is 15.4. The number of morpholine rings is 2. The van der Waals surface area contributed by atoms with Crippen molar-refractivity contribution in [1.82, 2.24) is 19.9 Å². The molecule has 0 radical (unpaired) electrons. The molecule has 6 heterocycles. The summed E-state index contributed by atoms with van der Waals surface area (Å²) < 4.78 is 11.5. The summed E-state index contributed by atoms with van der Waals surface area (Å²) in [6.07, 6.45) is 5.66. The molecule has 4 atom stereocenters. The average molecular weight is 542 g/mol. The first-order valence-electron chi connectivity index (χ1n) is 10.7. The van der Waals surface area contributed by atoms with Gasteiger partial charge >= 0.3 is 35.2 Å². The van der Waals surface area contributed by atoms with Crippen LogP contribution in [-0.4, -0.2) is 76.0 Å². The predicted molar refractivity (Wildman–Crippen MR) is 124 cm³/mol. The van der Waals surface area contributed by atoms with E-state index in [1.165, 1.54) is 0 Å². The zero-order chi connectivity index (χ0) is 22.2. The van der Waals surface area contributed by atoms with Crippen LogP contribution in [0.15, 0.2) is 16.9 Å². The molecule has 4 bridgehead atoms. The van der Waals surface area contributed by atoms with Gasteiger partial charge in [0.25, 0.3) is 0 Å². The molecule has 4 saturated heterocycles. The quantitative estimate of drug-likeness (QED) is 0.312. The molecule has 0 saturated carbocycles. The number of nitrogens with one attached hydrogen (secondary N) is 1. The number of hydrogen-bond acceptors (Lipinski definition) is 9. The largest absolute Gasteiger partial charge is 1.00 e. The molecule has 2 aromatic heterocycles. The number of rotatable bonds is 2. The summed E-state index contributed by atoms with van der Waals surface area (Å²) in [4.78, 5) is 29.9. The standard InChI is InChI=1S/C10H11Cl2N3O.C10H12ClN3O2.Na.H2O/c11-8-3-9(14-10(12)13-8)15-4-6-1-2-7(5-15)16-6;11-8-3-9(13-10(15)12-8)14-4-6-1-2-7(5-14)16-6;;/h3,6-7H,1-2,4-5H2;3,6-7H,1-2,4-5H2,(H,12,13,15);;1H2/q;;+1;/p-1. The number of aromatic amines is 1. The van der Waals surface area contributed by atoms with E-state index in [1.807, 2.05) is 0 Å². The van der Waals surface area contributed by atoms with Gasteiger partial charge in [-0.15, -0.1) is 0 Å². The van der Waals surface area contributed by atoms with Gasteiger partial charge in [0.15, 0.2) is 0 Å². The first-order valence-corrected chi connectivity index (χ1v) is 11.8. The Morgan fingerprint density at radius 2 is 1.26 bits per heavy atom. The number of nitrogens with zero attached hydrogens (tertiary/aromatic N) is 5. The van der Waals surface area contributed by atoms with Gasteiger partial charge in [-0.3, -0.25) is 4.98 Å².